The Kier molecular flexibility index (Phi) is 11.6. The van der Waals surface area contributed by atoms with Crippen LogP contribution in [0, 0.1) is 23.0 Å². The number of nitrogens with two attached hydrogens (primary N) is 1. The average Bonchev–Trinajstić information content (AvgIpc) is 3.56. The number of halogens is 2. The Bertz CT molecular complexity index is 1970. The summed E-state index contributed by atoms with van der Waals surface area (Å²) in [5.74, 6) is -4.65. The van der Waals surface area contributed by atoms with Crippen molar-refractivity contribution in [3.8, 4) is 35.1 Å². The third kappa shape index (κ3) is 8.69. The van der Waals surface area contributed by atoms with Gasteiger partial charge < -0.3 is 34.5 Å². The van der Waals surface area contributed by atoms with Crippen LogP contribution in [0.2, 0.25) is 0 Å². The summed E-state index contributed by atoms with van der Waals surface area (Å²) in [5.41, 5.74) is 6.29. The van der Waals surface area contributed by atoms with E-state index >= 15 is 8.78 Å². The summed E-state index contributed by atoms with van der Waals surface area (Å²) >= 11 is 0. The van der Waals surface area contributed by atoms with Crippen LogP contribution in [0.5, 0.6) is 29.0 Å². The van der Waals surface area contributed by atoms with Crippen LogP contribution >= 0.6 is 0 Å². The molecule has 12 nitrogen and oxygen atoms in total. The third-order valence-corrected chi connectivity index (χ3v) is 7.92. The Labute approximate surface area is 293 Å². The number of benzene rings is 3. The first-order chi connectivity index (χ1) is 24.6. The van der Waals surface area contributed by atoms with Crippen molar-refractivity contribution in [1.29, 1.82) is 5.26 Å². The Morgan fingerprint density at radius 2 is 1.76 bits per heavy atom. The number of rotatable bonds is 15. The van der Waals surface area contributed by atoms with Gasteiger partial charge in [-0.05, 0) is 43.2 Å². The van der Waals surface area contributed by atoms with E-state index in [0.29, 0.717) is 17.9 Å². The van der Waals surface area contributed by atoms with Crippen molar-refractivity contribution in [3.05, 3.63) is 101 Å². The second kappa shape index (κ2) is 16.4. The highest BCUT2D eigenvalue weighted by atomic mass is 19.1. The minimum absolute atomic E-state index is 0.0262. The number of amidine groups is 1. The second-order valence-electron chi connectivity index (χ2n) is 11.5. The lowest BCUT2D eigenvalue weighted by Crippen LogP contribution is -2.41. The second-order valence-corrected chi connectivity index (χ2v) is 11.5. The number of pyridine rings is 1. The van der Waals surface area contributed by atoms with Gasteiger partial charge in [0.1, 0.15) is 29.9 Å². The van der Waals surface area contributed by atoms with Crippen molar-refractivity contribution < 1.29 is 37.3 Å². The summed E-state index contributed by atoms with van der Waals surface area (Å²) in [4.78, 5) is 36.3. The molecule has 2 heterocycles. The molecule has 0 radical (unpaired) electrons. The van der Waals surface area contributed by atoms with Gasteiger partial charge in [-0.2, -0.15) is 19.0 Å². The first-order valence-electron chi connectivity index (χ1n) is 16.1. The Morgan fingerprint density at radius 3 is 2.43 bits per heavy atom. The van der Waals surface area contributed by atoms with Gasteiger partial charge in [0.05, 0.1) is 24.8 Å². The predicted octanol–water partition coefficient (Wildman–Crippen LogP) is 5.72. The lowest BCUT2D eigenvalue weighted by atomic mass is 10.1. The highest BCUT2D eigenvalue weighted by molar-refractivity contribution is 5.99. The first-order valence-corrected chi connectivity index (χ1v) is 16.1. The summed E-state index contributed by atoms with van der Waals surface area (Å²) < 4.78 is 56.1. The molecule has 1 unspecified atom stereocenters. The monoisotopic (exact) mass is 698 g/mol. The number of hydrogen-bond acceptors (Lipinski definition) is 11. The zero-order valence-corrected chi connectivity index (χ0v) is 28.3. The molecular formula is C37H36F2N6O6. The molecule has 1 amide bonds. The van der Waals surface area contributed by atoms with E-state index in [9.17, 15) is 14.9 Å². The number of primary amides is 1. The molecule has 14 heteroatoms. The maximum Gasteiger partial charge on any atom is 0.328 e. The number of nitrogens with zero attached hydrogens (tertiary/aromatic N) is 5. The highest BCUT2D eigenvalue weighted by Gasteiger charge is 2.34. The van der Waals surface area contributed by atoms with Crippen LogP contribution in [0.1, 0.15) is 36.5 Å². The fourth-order valence-corrected chi connectivity index (χ4v) is 5.35. The average molecular weight is 699 g/mol. The number of esters is 1. The van der Waals surface area contributed by atoms with Crippen molar-refractivity contribution in [2.75, 3.05) is 38.7 Å². The van der Waals surface area contributed by atoms with E-state index in [4.69, 9.17) is 24.7 Å². The molecular weight excluding hydrogens is 662 g/mol. The molecule has 1 aliphatic heterocycles. The van der Waals surface area contributed by atoms with Crippen molar-refractivity contribution in [2.24, 2.45) is 10.7 Å². The Balaban J connectivity index is 1.60. The van der Waals surface area contributed by atoms with E-state index in [1.807, 2.05) is 54.4 Å². The fraction of sp³-hybridized carbons (Fsp3) is 0.270. The van der Waals surface area contributed by atoms with Gasteiger partial charge in [-0.25, -0.2) is 4.79 Å². The molecule has 4 aromatic rings. The standard InChI is InChI=1S/C37H36F2N6O6/c1-4-48-37(47)27(14-16-30(41)46)45(3)33-31(38)35(50-26-12-8-11-25(20-26)34-42-17-18-44(34)2)43-36(32(33)39)51-29-19-24(21-40)13-15-28(29)49-22-23-9-6-5-7-10-23/h5-13,15,19-20,27H,4,14,16-18,22H2,1-3H3,(H2,41,46). The molecule has 0 bridgehead atoms. The van der Waals surface area contributed by atoms with Crippen LogP contribution < -0.4 is 24.8 Å². The molecule has 264 valence electrons. The van der Waals surface area contributed by atoms with E-state index < -0.39 is 47.0 Å². The smallest absolute Gasteiger partial charge is 0.328 e. The lowest BCUT2D eigenvalue weighted by molar-refractivity contribution is -0.144. The quantitative estimate of drug-likeness (QED) is 0.153. The minimum atomic E-state index is -1.34. The zero-order chi connectivity index (χ0) is 36.5. The lowest BCUT2D eigenvalue weighted by Gasteiger charge is -2.29. The van der Waals surface area contributed by atoms with Gasteiger partial charge in [0.15, 0.2) is 11.5 Å². The van der Waals surface area contributed by atoms with E-state index in [2.05, 4.69) is 9.98 Å². The van der Waals surface area contributed by atoms with Crippen LogP contribution in [0.4, 0.5) is 14.5 Å². The van der Waals surface area contributed by atoms with E-state index in [-0.39, 0.29) is 48.9 Å². The Morgan fingerprint density at radius 1 is 1.02 bits per heavy atom. The summed E-state index contributed by atoms with van der Waals surface area (Å²) in [7, 11) is 3.15. The number of aliphatic imine (C=N–C) groups is 1. The molecule has 0 saturated heterocycles. The number of amides is 1. The maximum absolute atomic E-state index is 16.6. The van der Waals surface area contributed by atoms with Crippen molar-refractivity contribution >= 4 is 23.4 Å². The number of anilines is 1. The molecule has 1 atom stereocenters. The van der Waals surface area contributed by atoms with Crippen molar-refractivity contribution in [3.63, 3.8) is 0 Å². The number of nitriles is 1. The SMILES string of the molecule is CCOC(=O)C(CCC(N)=O)N(C)c1c(F)c(Oc2cccc(C3=NCCN3C)c2)nc(Oc2cc(C#N)ccc2OCc2ccccc2)c1F. The molecule has 2 N–H and O–H groups in total. The molecule has 1 aromatic heterocycles. The molecule has 51 heavy (non-hydrogen) atoms. The maximum atomic E-state index is 16.6. The van der Waals surface area contributed by atoms with Crippen LogP contribution in [0.3, 0.4) is 0 Å². The number of ether oxygens (including phenoxy) is 4. The van der Waals surface area contributed by atoms with E-state index in [1.54, 1.807) is 25.1 Å². The molecule has 0 aliphatic carbocycles. The molecule has 3 aromatic carbocycles. The van der Waals surface area contributed by atoms with E-state index in [1.165, 1.54) is 25.2 Å². The van der Waals surface area contributed by atoms with E-state index in [0.717, 1.165) is 17.0 Å². The summed E-state index contributed by atoms with van der Waals surface area (Å²) in [5, 5.41) is 9.61. The largest absolute Gasteiger partial charge is 0.485 e. The Hall–Kier alpha value is -6.23. The van der Waals surface area contributed by atoms with Gasteiger partial charge in [-0.1, -0.05) is 42.5 Å². The molecule has 0 saturated carbocycles. The number of aromatic nitrogens is 1. The topological polar surface area (TPSA) is 153 Å². The van der Waals surface area contributed by atoms with Crippen LogP contribution in [0.25, 0.3) is 0 Å². The normalized spacial score (nSPS) is 12.8. The third-order valence-electron chi connectivity index (χ3n) is 7.92. The van der Waals surface area contributed by atoms with Gasteiger partial charge in [0.2, 0.25) is 17.5 Å². The molecule has 0 spiro atoms. The number of likely N-dealkylation sites (N-methyl/N-ethyl adjacent to an activating group) is 2. The summed E-state index contributed by atoms with van der Waals surface area (Å²) in [6.45, 7) is 3.00. The number of carbonyl (C=O) groups excluding carboxylic acids is 2. The first kappa shape index (κ1) is 36.1. The van der Waals surface area contributed by atoms with Gasteiger partial charge in [0.25, 0.3) is 11.8 Å². The predicted molar refractivity (Wildman–Crippen MR) is 184 cm³/mol. The zero-order valence-electron chi connectivity index (χ0n) is 28.3. The van der Waals surface area contributed by atoms with Crippen LogP contribution in [-0.2, 0) is 20.9 Å². The van der Waals surface area contributed by atoms with Crippen molar-refractivity contribution in [1.82, 2.24) is 9.88 Å². The summed E-state index contributed by atoms with van der Waals surface area (Å²) in [6, 6.07) is 20.9. The summed E-state index contributed by atoms with van der Waals surface area (Å²) in [6.07, 6.45) is -0.485. The minimum Gasteiger partial charge on any atom is -0.485 e. The van der Waals surface area contributed by atoms with Gasteiger partial charge in [-0.15, -0.1) is 0 Å². The molecule has 5 rings (SSSR count). The number of hydrogen-bond donors (Lipinski definition) is 1. The van der Waals surface area contributed by atoms with Gasteiger partial charge >= 0.3 is 5.97 Å². The number of carbonyl (C=O) groups is 2. The highest BCUT2D eigenvalue weighted by Crippen LogP contribution is 2.41. The van der Waals surface area contributed by atoms with Crippen LogP contribution in [-0.4, -0.2) is 67.4 Å². The van der Waals surface area contributed by atoms with Gasteiger partial charge in [0, 0.05) is 38.7 Å². The van der Waals surface area contributed by atoms with Crippen molar-refractivity contribution in [2.45, 2.75) is 32.4 Å². The molecule has 0 fully saturated rings. The fourth-order valence-electron chi connectivity index (χ4n) is 5.35. The molecule has 1 aliphatic rings. The van der Waals surface area contributed by atoms with Crippen LogP contribution in [0.15, 0.2) is 77.8 Å². The van der Waals surface area contributed by atoms with Gasteiger partial charge in [-0.3, -0.25) is 9.79 Å².